The third kappa shape index (κ3) is 11.1. The zero-order valence-corrected chi connectivity index (χ0v) is 32.7. The van der Waals surface area contributed by atoms with Gasteiger partial charge in [-0.3, -0.25) is 4.79 Å². The monoisotopic (exact) mass is 793 g/mol. The van der Waals surface area contributed by atoms with Crippen LogP contribution in [0.4, 0.5) is 5.82 Å². The third-order valence-corrected chi connectivity index (χ3v) is 10.4. The van der Waals surface area contributed by atoms with Gasteiger partial charge in [0, 0.05) is 53.3 Å². The summed E-state index contributed by atoms with van der Waals surface area (Å²) in [6, 6.07) is 18.6. The van der Waals surface area contributed by atoms with E-state index in [0.29, 0.717) is 56.0 Å². The number of amides is 1. The minimum atomic E-state index is -0.760. The number of nitrogens with two attached hydrogens (primary N) is 1. The topological polar surface area (TPSA) is 167 Å². The number of nitrogens with zero attached hydrogens (tertiary/aromatic N) is 5. The average molecular weight is 795 g/mol. The number of pyridine rings is 1. The van der Waals surface area contributed by atoms with Gasteiger partial charge in [-0.05, 0) is 55.0 Å². The normalized spacial score (nSPS) is 12.8. The van der Waals surface area contributed by atoms with Crippen molar-refractivity contribution >= 4 is 64.8 Å². The molecule has 1 aliphatic rings. The summed E-state index contributed by atoms with van der Waals surface area (Å²) in [5.41, 5.74) is 9.19. The number of esters is 1. The third-order valence-electron chi connectivity index (χ3n) is 8.21. The van der Waals surface area contributed by atoms with Gasteiger partial charge >= 0.3 is 5.97 Å². The fourth-order valence-corrected chi connectivity index (χ4v) is 7.69. The molecule has 0 radical (unpaired) electrons. The first-order valence-corrected chi connectivity index (χ1v) is 19.3. The molecule has 0 aliphatic carbocycles. The van der Waals surface area contributed by atoms with Crippen molar-refractivity contribution in [2.24, 2.45) is 11.7 Å². The summed E-state index contributed by atoms with van der Waals surface area (Å²) >= 11 is 9.02. The van der Waals surface area contributed by atoms with Gasteiger partial charge in [0.2, 0.25) is 5.91 Å². The predicted molar refractivity (Wildman–Crippen MR) is 211 cm³/mol. The summed E-state index contributed by atoms with van der Waals surface area (Å²) in [5, 5.41) is 27.7. The average Bonchev–Trinajstić information content (AvgIpc) is 3.85. The number of nitriles is 2. The number of aromatic nitrogens is 2. The Kier molecular flexibility index (Phi) is 15.8. The number of carbonyl (C=O) groups excluding carboxylic acids is 2. The summed E-state index contributed by atoms with van der Waals surface area (Å²) < 4.78 is 11.3. The number of ether oxygens (including phenoxy) is 2. The molecule has 1 atom stereocenters. The molecule has 278 valence electrons. The fraction of sp³-hybridized carbons (Fsp3) is 0.368. The van der Waals surface area contributed by atoms with Crippen LogP contribution in [0.5, 0.6) is 5.75 Å². The van der Waals surface area contributed by atoms with E-state index in [-0.39, 0.29) is 50.4 Å². The van der Waals surface area contributed by atoms with E-state index in [9.17, 15) is 20.1 Å². The molecule has 4 aromatic rings. The number of anilines is 1. The molecule has 5 rings (SSSR count). The highest BCUT2D eigenvalue weighted by atomic mass is 35.5. The van der Waals surface area contributed by atoms with E-state index < -0.39 is 12.0 Å². The molecule has 0 saturated carbocycles. The van der Waals surface area contributed by atoms with Crippen LogP contribution in [-0.4, -0.2) is 60.7 Å². The fourth-order valence-electron chi connectivity index (χ4n) is 5.76. The summed E-state index contributed by atoms with van der Waals surface area (Å²) in [6.45, 7) is 5.76. The van der Waals surface area contributed by atoms with Gasteiger partial charge in [-0.2, -0.15) is 10.5 Å². The van der Waals surface area contributed by atoms with Crippen molar-refractivity contribution in [1.29, 1.82) is 10.5 Å². The molecule has 1 aliphatic heterocycles. The Bertz CT molecular complexity index is 1940. The van der Waals surface area contributed by atoms with Crippen molar-refractivity contribution in [1.82, 2.24) is 15.3 Å². The van der Waals surface area contributed by atoms with Crippen LogP contribution in [0.2, 0.25) is 5.02 Å². The SMILES string of the molecule is CC(C)C[C@H](NC(=O)CCN)C(=O)OCCOc1ccc(-c2c(C#N)c(SCc3csc(-c4ccc(Cl)cc4)n3)nc(N3CCCC3)c2C#N)cc1.Cl. The molecule has 2 aromatic heterocycles. The quantitative estimate of drug-likeness (QED) is 0.0660. The zero-order valence-electron chi connectivity index (χ0n) is 29.5. The van der Waals surface area contributed by atoms with Crippen LogP contribution in [0.3, 0.4) is 0 Å². The van der Waals surface area contributed by atoms with E-state index in [0.717, 1.165) is 42.2 Å². The smallest absolute Gasteiger partial charge is 0.328 e. The van der Waals surface area contributed by atoms with E-state index in [1.54, 1.807) is 12.1 Å². The summed E-state index contributed by atoms with van der Waals surface area (Å²) in [5.74, 6) is 0.942. The summed E-state index contributed by atoms with van der Waals surface area (Å²) in [6.07, 6.45) is 2.57. The van der Waals surface area contributed by atoms with E-state index in [2.05, 4.69) is 22.4 Å². The predicted octanol–water partition coefficient (Wildman–Crippen LogP) is 7.38. The van der Waals surface area contributed by atoms with Crippen molar-refractivity contribution in [2.45, 2.75) is 56.4 Å². The highest BCUT2D eigenvalue weighted by Crippen LogP contribution is 2.40. The van der Waals surface area contributed by atoms with Crippen LogP contribution in [0.25, 0.3) is 21.7 Å². The first-order chi connectivity index (χ1) is 25.2. The maximum atomic E-state index is 12.7. The van der Waals surface area contributed by atoms with Crippen LogP contribution in [0, 0.1) is 28.6 Å². The number of thiazole rings is 1. The molecule has 0 unspecified atom stereocenters. The second-order valence-corrected chi connectivity index (χ2v) is 14.8. The molecule has 1 fully saturated rings. The summed E-state index contributed by atoms with van der Waals surface area (Å²) in [4.78, 5) is 36.6. The molecule has 2 aromatic carbocycles. The first kappa shape index (κ1) is 41.4. The maximum Gasteiger partial charge on any atom is 0.328 e. The zero-order chi connectivity index (χ0) is 37.0. The van der Waals surface area contributed by atoms with Gasteiger partial charge in [-0.1, -0.05) is 61.5 Å². The number of halogens is 2. The Morgan fingerprint density at radius 1 is 1.02 bits per heavy atom. The number of rotatable bonds is 16. The second-order valence-electron chi connectivity index (χ2n) is 12.6. The van der Waals surface area contributed by atoms with Crippen LogP contribution < -0.4 is 20.7 Å². The lowest BCUT2D eigenvalue weighted by atomic mass is 9.96. The number of nitrogens with one attached hydrogen (secondary N) is 1. The van der Waals surface area contributed by atoms with Crippen molar-refractivity contribution in [3.8, 4) is 39.6 Å². The van der Waals surface area contributed by atoms with Crippen molar-refractivity contribution in [3.05, 3.63) is 75.8 Å². The van der Waals surface area contributed by atoms with Crippen molar-refractivity contribution in [2.75, 3.05) is 37.7 Å². The van der Waals surface area contributed by atoms with E-state index in [4.69, 9.17) is 36.8 Å². The van der Waals surface area contributed by atoms with Gasteiger partial charge in [0.1, 0.15) is 58.6 Å². The maximum absolute atomic E-state index is 12.7. The summed E-state index contributed by atoms with van der Waals surface area (Å²) in [7, 11) is 0. The number of benzene rings is 2. The minimum Gasteiger partial charge on any atom is -0.490 e. The molecular weight excluding hydrogens is 754 g/mol. The van der Waals surface area contributed by atoms with Gasteiger partial charge in [0.05, 0.1) is 11.3 Å². The largest absolute Gasteiger partial charge is 0.490 e. The van der Waals surface area contributed by atoms with Crippen molar-refractivity contribution < 1.29 is 19.1 Å². The molecule has 0 bridgehead atoms. The van der Waals surface area contributed by atoms with Crippen LogP contribution in [0.15, 0.2) is 58.9 Å². The van der Waals surface area contributed by atoms with Gasteiger partial charge in [-0.25, -0.2) is 14.8 Å². The number of hydrogen-bond donors (Lipinski definition) is 2. The van der Waals surface area contributed by atoms with Gasteiger partial charge < -0.3 is 25.4 Å². The molecule has 1 amide bonds. The highest BCUT2D eigenvalue weighted by Gasteiger charge is 2.27. The Hall–Kier alpha value is -4.37. The molecule has 53 heavy (non-hydrogen) atoms. The molecule has 3 heterocycles. The highest BCUT2D eigenvalue weighted by molar-refractivity contribution is 7.98. The Labute approximate surface area is 329 Å². The molecule has 3 N–H and O–H groups in total. The molecular formula is C38H41Cl2N7O4S2. The van der Waals surface area contributed by atoms with Crippen LogP contribution in [0.1, 0.15) is 56.4 Å². The van der Waals surface area contributed by atoms with Crippen LogP contribution >= 0.6 is 47.1 Å². The minimum absolute atomic E-state index is 0. The Morgan fingerprint density at radius 2 is 1.70 bits per heavy atom. The Balaban J connectivity index is 0.00000627. The van der Waals surface area contributed by atoms with E-state index in [1.807, 2.05) is 55.6 Å². The Morgan fingerprint density at radius 3 is 2.34 bits per heavy atom. The van der Waals surface area contributed by atoms with Gasteiger partial charge in [0.25, 0.3) is 0 Å². The van der Waals surface area contributed by atoms with Crippen LogP contribution in [-0.2, 0) is 20.1 Å². The lowest BCUT2D eigenvalue weighted by Crippen LogP contribution is -2.43. The second kappa shape index (κ2) is 20.2. The van der Waals surface area contributed by atoms with E-state index in [1.165, 1.54) is 23.1 Å². The van der Waals surface area contributed by atoms with Crippen molar-refractivity contribution in [3.63, 3.8) is 0 Å². The number of carbonyl (C=O) groups is 2. The number of thioether (sulfide) groups is 1. The lowest BCUT2D eigenvalue weighted by molar-refractivity contribution is -0.149. The first-order valence-electron chi connectivity index (χ1n) is 17.1. The van der Waals surface area contributed by atoms with Gasteiger partial charge in [-0.15, -0.1) is 23.7 Å². The van der Waals surface area contributed by atoms with Gasteiger partial charge in [0.15, 0.2) is 0 Å². The van der Waals surface area contributed by atoms with E-state index >= 15 is 0 Å². The standard InChI is InChI=1S/C38H40ClN7O4S2.ClH/c1-24(2)19-32(44-33(47)13-14-40)38(48)50-18-17-49-29-11-7-25(8-12-29)34-30(20-41)35(46-15-3-4-16-46)45-37(31(34)21-42)52-23-28-22-51-36(43-28)26-5-9-27(39)10-6-26;/h5-12,22,24,32H,3-4,13-19,23,40H2,1-2H3,(H,44,47);1H/t32-;/m0./s1. The molecule has 11 nitrogen and oxygen atoms in total. The molecule has 1 saturated heterocycles. The molecule has 0 spiro atoms. The lowest BCUT2D eigenvalue weighted by Gasteiger charge is -2.22. The molecule has 15 heteroatoms. The number of hydrogen-bond acceptors (Lipinski definition) is 12.